The van der Waals surface area contributed by atoms with Crippen LogP contribution in [0.1, 0.15) is 36.0 Å². The molecule has 132 valence electrons. The Morgan fingerprint density at radius 1 is 1.36 bits per heavy atom. The van der Waals surface area contributed by atoms with Crippen molar-refractivity contribution in [3.8, 4) is 5.75 Å². The van der Waals surface area contributed by atoms with Crippen LogP contribution in [0.25, 0.3) is 0 Å². The van der Waals surface area contributed by atoms with Crippen LogP contribution in [0, 0.1) is 6.92 Å². The van der Waals surface area contributed by atoms with Crippen LogP contribution >= 0.6 is 0 Å². The Kier molecular flexibility index (Phi) is 4.00. The summed E-state index contributed by atoms with van der Waals surface area (Å²) in [4.78, 5) is 22.7. The van der Waals surface area contributed by atoms with Gasteiger partial charge in [-0.2, -0.15) is 0 Å². The van der Waals surface area contributed by atoms with E-state index in [1.165, 1.54) is 0 Å². The van der Waals surface area contributed by atoms with Gasteiger partial charge >= 0.3 is 0 Å². The molecule has 2 aliphatic rings. The summed E-state index contributed by atoms with van der Waals surface area (Å²) in [5.41, 5.74) is 1.71. The summed E-state index contributed by atoms with van der Waals surface area (Å²) >= 11 is 0. The van der Waals surface area contributed by atoms with E-state index in [9.17, 15) is 4.79 Å². The van der Waals surface area contributed by atoms with Gasteiger partial charge in [0.15, 0.2) is 0 Å². The molecule has 0 bridgehead atoms. The molecule has 25 heavy (non-hydrogen) atoms. The summed E-state index contributed by atoms with van der Waals surface area (Å²) in [6, 6.07) is 7.88. The van der Waals surface area contributed by atoms with E-state index < -0.39 is 0 Å². The first-order chi connectivity index (χ1) is 12.1. The van der Waals surface area contributed by atoms with E-state index in [-0.39, 0.29) is 17.4 Å². The van der Waals surface area contributed by atoms with Crippen molar-refractivity contribution >= 4 is 5.91 Å². The number of morpholine rings is 1. The molecule has 1 unspecified atom stereocenters. The van der Waals surface area contributed by atoms with Gasteiger partial charge in [-0.15, -0.1) is 0 Å². The number of hydrogen-bond acceptors (Lipinski definition) is 4. The van der Waals surface area contributed by atoms with E-state index in [4.69, 9.17) is 9.47 Å². The van der Waals surface area contributed by atoms with Crippen molar-refractivity contribution in [2.24, 2.45) is 0 Å². The van der Waals surface area contributed by atoms with Crippen molar-refractivity contribution < 1.29 is 14.3 Å². The van der Waals surface area contributed by atoms with Crippen LogP contribution in [0.5, 0.6) is 5.75 Å². The van der Waals surface area contributed by atoms with Crippen LogP contribution in [0.3, 0.4) is 0 Å². The van der Waals surface area contributed by atoms with Crippen LogP contribution < -0.4 is 4.74 Å². The van der Waals surface area contributed by atoms with Crippen molar-refractivity contribution in [2.75, 3.05) is 26.8 Å². The molecule has 2 heterocycles. The molecule has 6 heteroatoms. The maximum Gasteiger partial charge on any atom is 0.233 e. The Hall–Kier alpha value is -2.34. The van der Waals surface area contributed by atoms with Crippen LogP contribution in [0.2, 0.25) is 0 Å². The zero-order valence-corrected chi connectivity index (χ0v) is 14.6. The van der Waals surface area contributed by atoms with Crippen LogP contribution in [-0.2, 0) is 14.9 Å². The minimum atomic E-state index is -0.368. The molecular weight excluding hydrogens is 318 g/mol. The van der Waals surface area contributed by atoms with E-state index >= 15 is 0 Å². The standard InChI is InChI=1S/C19H23N3O3/c1-13-11-20-17(21-13)16-12-22(9-10-25-16)18(23)19(7-8-19)14-3-5-15(24-2)6-4-14/h3-6,11,16H,7-10,12H2,1-2H3,(H,20,21). The van der Waals surface area contributed by atoms with E-state index in [0.717, 1.165) is 35.7 Å². The number of H-pyrrole nitrogens is 1. The molecule has 1 aromatic carbocycles. The lowest BCUT2D eigenvalue weighted by Crippen LogP contribution is -2.47. The summed E-state index contributed by atoms with van der Waals surface area (Å²) in [5.74, 6) is 1.81. The number of nitrogens with one attached hydrogen (secondary N) is 1. The predicted molar refractivity (Wildman–Crippen MR) is 92.5 cm³/mol. The van der Waals surface area contributed by atoms with Gasteiger partial charge in [0.05, 0.1) is 25.7 Å². The molecule has 1 aliphatic carbocycles. The van der Waals surface area contributed by atoms with E-state index in [1.54, 1.807) is 13.3 Å². The fraction of sp³-hybridized carbons (Fsp3) is 0.474. The number of carbonyl (C=O) groups excluding carboxylic acids is 1. The average Bonchev–Trinajstić information content (AvgIpc) is 3.36. The quantitative estimate of drug-likeness (QED) is 0.927. The Morgan fingerprint density at radius 2 is 2.12 bits per heavy atom. The van der Waals surface area contributed by atoms with Gasteiger partial charge in [0, 0.05) is 18.4 Å². The van der Waals surface area contributed by atoms with Crippen molar-refractivity contribution in [1.82, 2.24) is 14.9 Å². The van der Waals surface area contributed by atoms with Crippen molar-refractivity contribution in [2.45, 2.75) is 31.3 Å². The normalized spacial score (nSPS) is 21.8. The third kappa shape index (κ3) is 2.91. The smallest absolute Gasteiger partial charge is 0.233 e. The molecule has 6 nitrogen and oxygen atoms in total. The summed E-state index contributed by atoms with van der Waals surface area (Å²) in [6.45, 7) is 3.68. The summed E-state index contributed by atoms with van der Waals surface area (Å²) < 4.78 is 11.0. The molecule has 1 atom stereocenters. The molecule has 1 saturated heterocycles. The fourth-order valence-electron chi connectivity index (χ4n) is 3.56. The second-order valence-electron chi connectivity index (χ2n) is 6.87. The third-order valence-corrected chi connectivity index (χ3v) is 5.18. The maximum absolute atomic E-state index is 13.2. The Morgan fingerprint density at radius 3 is 2.72 bits per heavy atom. The maximum atomic E-state index is 13.2. The van der Waals surface area contributed by atoms with Gasteiger partial charge in [-0.1, -0.05) is 12.1 Å². The van der Waals surface area contributed by atoms with Crippen molar-refractivity contribution in [3.05, 3.63) is 47.5 Å². The molecule has 1 amide bonds. The van der Waals surface area contributed by atoms with Crippen molar-refractivity contribution in [3.63, 3.8) is 0 Å². The molecular formula is C19H23N3O3. The van der Waals surface area contributed by atoms with Crippen molar-refractivity contribution in [1.29, 1.82) is 0 Å². The fourth-order valence-corrected chi connectivity index (χ4v) is 3.56. The highest BCUT2D eigenvalue weighted by molar-refractivity contribution is 5.91. The Bertz CT molecular complexity index is 764. The number of aryl methyl sites for hydroxylation is 1. The van der Waals surface area contributed by atoms with Gasteiger partial charge in [-0.05, 0) is 37.5 Å². The lowest BCUT2D eigenvalue weighted by Gasteiger charge is -2.34. The monoisotopic (exact) mass is 341 g/mol. The number of benzene rings is 1. The minimum Gasteiger partial charge on any atom is -0.497 e. The SMILES string of the molecule is COc1ccc(C2(C(=O)N3CCOC(c4ncc(C)[nH]4)C3)CC2)cc1. The van der Waals surface area contributed by atoms with Crippen LogP contribution in [-0.4, -0.2) is 47.6 Å². The number of ether oxygens (including phenoxy) is 2. The molecule has 1 N–H and O–H groups in total. The first-order valence-electron chi connectivity index (χ1n) is 8.69. The molecule has 1 aromatic heterocycles. The van der Waals surface area contributed by atoms with E-state index in [1.807, 2.05) is 36.1 Å². The highest BCUT2D eigenvalue weighted by atomic mass is 16.5. The number of aromatic nitrogens is 2. The molecule has 2 aromatic rings. The molecule has 0 spiro atoms. The lowest BCUT2D eigenvalue weighted by atomic mass is 9.94. The largest absolute Gasteiger partial charge is 0.497 e. The number of rotatable bonds is 4. The number of hydrogen-bond donors (Lipinski definition) is 1. The molecule has 0 radical (unpaired) electrons. The average molecular weight is 341 g/mol. The highest BCUT2D eigenvalue weighted by Crippen LogP contribution is 2.50. The molecule has 4 rings (SSSR count). The third-order valence-electron chi connectivity index (χ3n) is 5.18. The zero-order chi connectivity index (χ0) is 17.4. The van der Waals surface area contributed by atoms with Gasteiger partial charge in [-0.25, -0.2) is 4.98 Å². The first kappa shape index (κ1) is 16.1. The summed E-state index contributed by atoms with van der Waals surface area (Å²) in [5, 5.41) is 0. The minimum absolute atomic E-state index is 0.182. The first-order valence-corrected chi connectivity index (χ1v) is 8.69. The second-order valence-corrected chi connectivity index (χ2v) is 6.87. The Labute approximate surface area is 147 Å². The van der Waals surface area contributed by atoms with E-state index in [0.29, 0.717) is 19.7 Å². The summed E-state index contributed by atoms with van der Waals surface area (Å²) in [7, 11) is 1.65. The van der Waals surface area contributed by atoms with Crippen LogP contribution in [0.4, 0.5) is 0 Å². The van der Waals surface area contributed by atoms with Gasteiger partial charge in [0.2, 0.25) is 5.91 Å². The predicted octanol–water partition coefficient (Wildman–Crippen LogP) is 2.36. The number of aromatic amines is 1. The van der Waals surface area contributed by atoms with Gasteiger partial charge in [0.1, 0.15) is 17.7 Å². The highest BCUT2D eigenvalue weighted by Gasteiger charge is 2.53. The molecule has 2 fully saturated rings. The van der Waals surface area contributed by atoms with E-state index in [2.05, 4.69) is 9.97 Å². The zero-order valence-electron chi connectivity index (χ0n) is 14.6. The Balaban J connectivity index is 1.51. The van der Waals surface area contributed by atoms with Gasteiger partial charge in [0.25, 0.3) is 0 Å². The summed E-state index contributed by atoms with van der Waals surface area (Å²) in [6.07, 6.45) is 3.41. The lowest BCUT2D eigenvalue weighted by molar-refractivity contribution is -0.142. The number of amides is 1. The number of imidazole rings is 1. The van der Waals surface area contributed by atoms with Gasteiger partial charge < -0.3 is 19.4 Å². The van der Waals surface area contributed by atoms with Crippen LogP contribution in [0.15, 0.2) is 30.5 Å². The van der Waals surface area contributed by atoms with Gasteiger partial charge in [-0.3, -0.25) is 4.79 Å². The molecule has 1 saturated carbocycles. The number of carbonyl (C=O) groups is 1. The number of methoxy groups -OCH3 is 1. The second kappa shape index (κ2) is 6.19. The molecule has 1 aliphatic heterocycles. The number of nitrogens with zero attached hydrogens (tertiary/aromatic N) is 2. The topological polar surface area (TPSA) is 67.4 Å².